The molecule has 0 saturated carbocycles. The van der Waals surface area contributed by atoms with E-state index in [0.29, 0.717) is 11.1 Å². The van der Waals surface area contributed by atoms with Gasteiger partial charge in [0.15, 0.2) is 0 Å². The number of carbonyl (C=O) groups is 1. The third kappa shape index (κ3) is 3.17. The molecule has 4 rings (SSSR count). The smallest absolute Gasteiger partial charge is 0.342 e. The van der Waals surface area contributed by atoms with Crippen molar-refractivity contribution in [3.05, 3.63) is 83.4 Å². The summed E-state index contributed by atoms with van der Waals surface area (Å²) in [5.74, 6) is -0.626. The van der Waals surface area contributed by atoms with E-state index in [1.165, 1.54) is 11.3 Å². The Labute approximate surface area is 154 Å². The Morgan fingerprint density at radius 1 is 1.00 bits per heavy atom. The van der Waals surface area contributed by atoms with Crippen molar-refractivity contribution in [1.82, 2.24) is 4.98 Å². The van der Waals surface area contributed by atoms with Gasteiger partial charge in [0.2, 0.25) is 0 Å². The van der Waals surface area contributed by atoms with E-state index in [9.17, 15) is 9.90 Å². The number of aromatic hydroxyl groups is 1. The third-order valence-corrected chi connectivity index (χ3v) is 4.98. The van der Waals surface area contributed by atoms with Crippen LogP contribution in [0.1, 0.15) is 16.1 Å². The fraction of sp³-hybridized carbons (Fsp3) is 0.0476. The fourth-order valence-corrected chi connectivity index (χ4v) is 3.53. The highest BCUT2D eigenvalue weighted by molar-refractivity contribution is 7.13. The zero-order chi connectivity index (χ0) is 17.9. The van der Waals surface area contributed by atoms with Gasteiger partial charge in [0.25, 0.3) is 0 Å². The van der Waals surface area contributed by atoms with E-state index in [2.05, 4.69) is 4.98 Å². The first-order valence-electron chi connectivity index (χ1n) is 8.10. The molecule has 0 aliphatic rings. The van der Waals surface area contributed by atoms with E-state index in [0.717, 1.165) is 16.0 Å². The number of phenols is 1. The molecule has 4 aromatic rings. The van der Waals surface area contributed by atoms with Gasteiger partial charge in [0.05, 0.1) is 5.69 Å². The predicted molar refractivity (Wildman–Crippen MR) is 102 cm³/mol. The Kier molecular flexibility index (Phi) is 4.37. The average molecular weight is 361 g/mol. The SMILES string of the molecule is O=C(OCc1csc(-c2ccccc2)n1)c1ccc2ccccc2c1O. The van der Waals surface area contributed by atoms with Crippen LogP contribution in [-0.2, 0) is 11.3 Å². The number of hydrogen-bond donors (Lipinski definition) is 1. The van der Waals surface area contributed by atoms with Crippen molar-refractivity contribution < 1.29 is 14.6 Å². The Morgan fingerprint density at radius 3 is 2.62 bits per heavy atom. The first kappa shape index (κ1) is 16.3. The summed E-state index contributed by atoms with van der Waals surface area (Å²) >= 11 is 1.50. The number of carbonyl (C=O) groups excluding carboxylic acids is 1. The number of rotatable bonds is 4. The Balaban J connectivity index is 1.49. The van der Waals surface area contributed by atoms with E-state index < -0.39 is 5.97 Å². The second-order valence-electron chi connectivity index (χ2n) is 5.77. The summed E-state index contributed by atoms with van der Waals surface area (Å²) in [5.41, 5.74) is 1.87. The molecular formula is C21H15NO3S. The van der Waals surface area contributed by atoms with Gasteiger partial charge in [-0.05, 0) is 11.5 Å². The first-order chi connectivity index (χ1) is 12.7. The van der Waals surface area contributed by atoms with Crippen LogP contribution >= 0.6 is 11.3 Å². The lowest BCUT2D eigenvalue weighted by Gasteiger charge is -2.07. The molecule has 0 radical (unpaired) electrons. The highest BCUT2D eigenvalue weighted by atomic mass is 32.1. The van der Waals surface area contributed by atoms with Gasteiger partial charge in [-0.2, -0.15) is 0 Å². The minimum absolute atomic E-state index is 0.0589. The Hall–Kier alpha value is -3.18. The molecule has 0 spiro atoms. The second kappa shape index (κ2) is 6.98. The molecule has 0 bridgehead atoms. The number of aromatic nitrogens is 1. The summed E-state index contributed by atoms with van der Waals surface area (Å²) in [4.78, 5) is 16.8. The van der Waals surface area contributed by atoms with Gasteiger partial charge in [-0.25, -0.2) is 9.78 Å². The molecule has 3 aromatic carbocycles. The van der Waals surface area contributed by atoms with Crippen LogP contribution in [0.15, 0.2) is 72.1 Å². The van der Waals surface area contributed by atoms with E-state index in [1.807, 2.05) is 53.9 Å². The molecule has 4 nitrogen and oxygen atoms in total. The van der Waals surface area contributed by atoms with Crippen LogP contribution in [0.25, 0.3) is 21.3 Å². The zero-order valence-corrected chi connectivity index (χ0v) is 14.6. The number of thiazole rings is 1. The van der Waals surface area contributed by atoms with Gasteiger partial charge in [0.1, 0.15) is 22.9 Å². The van der Waals surface area contributed by atoms with Crippen molar-refractivity contribution in [3.63, 3.8) is 0 Å². The lowest BCUT2D eigenvalue weighted by atomic mass is 10.1. The van der Waals surface area contributed by atoms with Gasteiger partial charge >= 0.3 is 5.97 Å². The van der Waals surface area contributed by atoms with Crippen molar-refractivity contribution in [2.75, 3.05) is 0 Å². The average Bonchev–Trinajstić information content (AvgIpc) is 3.16. The number of nitrogens with zero attached hydrogens (tertiary/aromatic N) is 1. The minimum atomic E-state index is -0.567. The molecule has 0 unspecified atom stereocenters. The van der Waals surface area contributed by atoms with Crippen molar-refractivity contribution in [2.45, 2.75) is 6.61 Å². The van der Waals surface area contributed by atoms with Gasteiger partial charge < -0.3 is 9.84 Å². The summed E-state index contributed by atoms with van der Waals surface area (Å²) in [6.07, 6.45) is 0. The summed E-state index contributed by atoms with van der Waals surface area (Å²) in [6.45, 7) is 0.0639. The summed E-state index contributed by atoms with van der Waals surface area (Å²) < 4.78 is 5.34. The first-order valence-corrected chi connectivity index (χ1v) is 8.98. The molecule has 128 valence electrons. The molecule has 0 saturated heterocycles. The minimum Gasteiger partial charge on any atom is -0.506 e. The molecule has 0 atom stereocenters. The monoisotopic (exact) mass is 361 g/mol. The highest BCUT2D eigenvalue weighted by Crippen LogP contribution is 2.29. The van der Waals surface area contributed by atoms with Gasteiger partial charge in [-0.3, -0.25) is 0 Å². The van der Waals surface area contributed by atoms with Crippen LogP contribution in [0.2, 0.25) is 0 Å². The van der Waals surface area contributed by atoms with Crippen LogP contribution in [0.5, 0.6) is 5.75 Å². The Morgan fingerprint density at radius 2 is 1.77 bits per heavy atom. The van der Waals surface area contributed by atoms with Gasteiger partial charge in [0, 0.05) is 16.3 Å². The third-order valence-electron chi connectivity index (χ3n) is 4.04. The highest BCUT2D eigenvalue weighted by Gasteiger charge is 2.16. The van der Waals surface area contributed by atoms with Crippen LogP contribution in [0, 0.1) is 0 Å². The molecule has 0 amide bonds. The largest absolute Gasteiger partial charge is 0.506 e. The number of ether oxygens (including phenoxy) is 1. The number of esters is 1. The molecule has 26 heavy (non-hydrogen) atoms. The van der Waals surface area contributed by atoms with E-state index in [-0.39, 0.29) is 17.9 Å². The zero-order valence-electron chi connectivity index (χ0n) is 13.8. The molecule has 0 aliphatic heterocycles. The number of hydrogen-bond acceptors (Lipinski definition) is 5. The van der Waals surface area contributed by atoms with Gasteiger partial charge in [-0.1, -0.05) is 60.7 Å². The molecule has 1 heterocycles. The van der Waals surface area contributed by atoms with Crippen LogP contribution < -0.4 is 0 Å². The second-order valence-corrected chi connectivity index (χ2v) is 6.63. The van der Waals surface area contributed by atoms with Crippen molar-refractivity contribution in [2.24, 2.45) is 0 Å². The van der Waals surface area contributed by atoms with Crippen molar-refractivity contribution in [1.29, 1.82) is 0 Å². The Bertz CT molecular complexity index is 1070. The maximum Gasteiger partial charge on any atom is 0.342 e. The van der Waals surface area contributed by atoms with Gasteiger partial charge in [-0.15, -0.1) is 11.3 Å². The number of phenolic OH excluding ortho intramolecular Hbond substituents is 1. The predicted octanol–water partition coefficient (Wildman–Crippen LogP) is 5.03. The molecule has 1 aromatic heterocycles. The topological polar surface area (TPSA) is 59.4 Å². The fourth-order valence-electron chi connectivity index (χ4n) is 2.72. The maximum absolute atomic E-state index is 12.4. The normalized spacial score (nSPS) is 10.8. The standard InChI is InChI=1S/C21H15NO3S/c23-19-17-9-5-4-6-14(17)10-11-18(19)21(24)25-12-16-13-26-20(22-16)15-7-2-1-3-8-15/h1-11,13,23H,12H2. The molecule has 0 fully saturated rings. The molecule has 0 aliphatic carbocycles. The van der Waals surface area contributed by atoms with Crippen molar-refractivity contribution in [3.8, 4) is 16.3 Å². The molecular weight excluding hydrogens is 346 g/mol. The lowest BCUT2D eigenvalue weighted by molar-refractivity contribution is 0.0465. The van der Waals surface area contributed by atoms with E-state index >= 15 is 0 Å². The quantitative estimate of drug-likeness (QED) is 0.518. The van der Waals surface area contributed by atoms with Crippen LogP contribution in [0.3, 0.4) is 0 Å². The lowest BCUT2D eigenvalue weighted by Crippen LogP contribution is -2.06. The summed E-state index contributed by atoms with van der Waals surface area (Å²) in [6, 6.07) is 20.6. The summed E-state index contributed by atoms with van der Waals surface area (Å²) in [7, 11) is 0. The van der Waals surface area contributed by atoms with Crippen LogP contribution in [-0.4, -0.2) is 16.1 Å². The van der Waals surface area contributed by atoms with Crippen molar-refractivity contribution >= 4 is 28.1 Å². The van der Waals surface area contributed by atoms with Crippen LogP contribution in [0.4, 0.5) is 0 Å². The number of fused-ring (bicyclic) bond motifs is 1. The number of benzene rings is 3. The summed E-state index contributed by atoms with van der Waals surface area (Å²) in [5, 5.41) is 14.6. The van der Waals surface area contributed by atoms with E-state index in [1.54, 1.807) is 18.2 Å². The molecule has 5 heteroatoms. The molecule has 1 N–H and O–H groups in total. The maximum atomic E-state index is 12.4. The van der Waals surface area contributed by atoms with E-state index in [4.69, 9.17) is 4.74 Å².